The Bertz CT molecular complexity index is 1070. The fourth-order valence-corrected chi connectivity index (χ4v) is 3.57. The highest BCUT2D eigenvalue weighted by molar-refractivity contribution is 7.15. The fraction of sp³-hybridized carbons (Fsp3) is 0.190. The lowest BCUT2D eigenvalue weighted by atomic mass is 10.1. The second-order valence-corrected chi connectivity index (χ2v) is 7.55. The summed E-state index contributed by atoms with van der Waals surface area (Å²) in [5.74, 6) is -0.512. The highest BCUT2D eigenvalue weighted by Crippen LogP contribution is 2.30. The number of thiazole rings is 1. The summed E-state index contributed by atoms with van der Waals surface area (Å²) in [6, 6.07) is 11.5. The monoisotopic (exact) mass is 449 g/mol. The minimum Gasteiger partial charge on any atom is -0.496 e. The molecule has 2 aromatic carbocycles. The zero-order chi connectivity index (χ0) is 22.4. The highest BCUT2D eigenvalue weighted by Gasteiger charge is 2.29. The summed E-state index contributed by atoms with van der Waals surface area (Å²) in [5.41, 5.74) is 0.299. The number of benzene rings is 2. The fourth-order valence-electron chi connectivity index (χ4n) is 2.71. The van der Waals surface area contributed by atoms with Gasteiger partial charge in [-0.15, -0.1) is 11.3 Å². The van der Waals surface area contributed by atoms with Crippen molar-refractivity contribution in [2.75, 3.05) is 19.0 Å². The van der Waals surface area contributed by atoms with Crippen LogP contribution in [0.1, 0.15) is 26.4 Å². The standard InChI is InChI=1S/C21H18F3N3O3S/c1-30-17-5-3-2-4-16(17)19(29)25-12-18(28)27-20-26-11-15(31-20)10-13-6-8-14(9-7-13)21(22,23)24/h2-9,11H,10,12H2,1H3,(H,25,29)(H,26,27,28). The predicted molar refractivity (Wildman–Crippen MR) is 110 cm³/mol. The van der Waals surface area contributed by atoms with Gasteiger partial charge in [-0.05, 0) is 29.8 Å². The summed E-state index contributed by atoms with van der Waals surface area (Å²) in [4.78, 5) is 29.2. The van der Waals surface area contributed by atoms with Crippen molar-refractivity contribution in [3.8, 4) is 5.75 Å². The molecule has 0 bridgehead atoms. The number of hydrogen-bond donors (Lipinski definition) is 2. The molecule has 6 nitrogen and oxygen atoms in total. The van der Waals surface area contributed by atoms with Gasteiger partial charge < -0.3 is 15.4 Å². The largest absolute Gasteiger partial charge is 0.496 e. The van der Waals surface area contributed by atoms with E-state index in [0.29, 0.717) is 28.4 Å². The van der Waals surface area contributed by atoms with E-state index < -0.39 is 23.6 Å². The molecule has 0 radical (unpaired) electrons. The van der Waals surface area contributed by atoms with Crippen molar-refractivity contribution < 1.29 is 27.5 Å². The second-order valence-electron chi connectivity index (χ2n) is 6.43. The van der Waals surface area contributed by atoms with Crippen molar-refractivity contribution in [2.24, 2.45) is 0 Å². The average molecular weight is 449 g/mol. The molecule has 0 spiro atoms. The van der Waals surface area contributed by atoms with Crippen LogP contribution in [0, 0.1) is 0 Å². The van der Waals surface area contributed by atoms with Crippen molar-refractivity contribution in [2.45, 2.75) is 12.6 Å². The Morgan fingerprint density at radius 2 is 1.81 bits per heavy atom. The summed E-state index contributed by atoms with van der Waals surface area (Å²) in [5, 5.41) is 5.43. The van der Waals surface area contributed by atoms with Crippen LogP contribution in [-0.2, 0) is 17.4 Å². The summed E-state index contributed by atoms with van der Waals surface area (Å²) >= 11 is 1.20. The Kier molecular flexibility index (Phi) is 6.91. The number of carbonyl (C=O) groups excluding carboxylic acids is 2. The Labute approximate surface area is 180 Å². The summed E-state index contributed by atoms with van der Waals surface area (Å²) in [6.45, 7) is -0.259. The predicted octanol–water partition coefficient (Wildman–Crippen LogP) is 4.13. The number of nitrogens with one attached hydrogen (secondary N) is 2. The van der Waals surface area contributed by atoms with Crippen LogP contribution in [0.15, 0.2) is 54.7 Å². The molecule has 0 saturated heterocycles. The molecule has 0 fully saturated rings. The maximum Gasteiger partial charge on any atom is 0.416 e. The van der Waals surface area contributed by atoms with Gasteiger partial charge in [-0.25, -0.2) is 4.98 Å². The number of carbonyl (C=O) groups is 2. The van der Waals surface area contributed by atoms with Crippen molar-refractivity contribution in [3.63, 3.8) is 0 Å². The van der Waals surface area contributed by atoms with E-state index in [1.54, 1.807) is 30.5 Å². The van der Waals surface area contributed by atoms with Crippen LogP contribution in [0.2, 0.25) is 0 Å². The number of alkyl halides is 3. The van der Waals surface area contributed by atoms with Crippen molar-refractivity contribution in [1.29, 1.82) is 0 Å². The molecule has 0 atom stereocenters. The summed E-state index contributed by atoms with van der Waals surface area (Å²) in [6.07, 6.45) is -2.44. The van der Waals surface area contributed by atoms with Gasteiger partial charge in [-0.2, -0.15) is 13.2 Å². The molecule has 2 N–H and O–H groups in total. The first-order chi connectivity index (χ1) is 14.8. The smallest absolute Gasteiger partial charge is 0.416 e. The van der Waals surface area contributed by atoms with Crippen LogP contribution in [0.5, 0.6) is 5.75 Å². The molecule has 162 valence electrons. The lowest BCUT2D eigenvalue weighted by Gasteiger charge is -2.08. The molecule has 0 unspecified atom stereocenters. The molecule has 31 heavy (non-hydrogen) atoms. The van der Waals surface area contributed by atoms with E-state index in [-0.39, 0.29) is 6.54 Å². The van der Waals surface area contributed by atoms with Gasteiger partial charge in [0, 0.05) is 17.5 Å². The average Bonchev–Trinajstić information content (AvgIpc) is 3.18. The SMILES string of the molecule is COc1ccccc1C(=O)NCC(=O)Nc1ncc(Cc2ccc(C(F)(F)F)cc2)s1. The van der Waals surface area contributed by atoms with Crippen molar-refractivity contribution >= 4 is 28.3 Å². The Hall–Kier alpha value is -3.40. The second kappa shape index (κ2) is 9.61. The number of aromatic nitrogens is 1. The maximum atomic E-state index is 12.6. The third-order valence-corrected chi connectivity index (χ3v) is 5.13. The number of rotatable bonds is 7. The van der Waals surface area contributed by atoms with Gasteiger partial charge in [0.15, 0.2) is 5.13 Å². The zero-order valence-corrected chi connectivity index (χ0v) is 17.1. The molecule has 2 amide bonds. The van der Waals surface area contributed by atoms with Crippen LogP contribution >= 0.6 is 11.3 Å². The first-order valence-corrected chi connectivity index (χ1v) is 9.90. The molecule has 3 aromatic rings. The number of halogens is 3. The Morgan fingerprint density at radius 1 is 1.10 bits per heavy atom. The molecule has 1 heterocycles. The molecule has 0 aliphatic rings. The third-order valence-electron chi connectivity index (χ3n) is 4.22. The summed E-state index contributed by atoms with van der Waals surface area (Å²) < 4.78 is 43.0. The van der Waals surface area contributed by atoms with Gasteiger partial charge in [-0.3, -0.25) is 9.59 Å². The summed E-state index contributed by atoms with van der Waals surface area (Å²) in [7, 11) is 1.45. The number of anilines is 1. The third kappa shape index (κ3) is 6.05. The van der Waals surface area contributed by atoms with Crippen LogP contribution in [0.4, 0.5) is 18.3 Å². The van der Waals surface area contributed by atoms with Crippen molar-refractivity contribution in [3.05, 3.63) is 76.3 Å². The van der Waals surface area contributed by atoms with Crippen LogP contribution < -0.4 is 15.4 Å². The molecule has 0 aliphatic heterocycles. The topological polar surface area (TPSA) is 80.3 Å². The van der Waals surface area contributed by atoms with Gasteiger partial charge in [0.25, 0.3) is 5.91 Å². The van der Waals surface area contributed by atoms with E-state index >= 15 is 0 Å². The maximum absolute atomic E-state index is 12.6. The number of para-hydroxylation sites is 1. The molecular weight excluding hydrogens is 431 g/mol. The molecule has 3 rings (SSSR count). The zero-order valence-electron chi connectivity index (χ0n) is 16.3. The number of nitrogens with zero attached hydrogens (tertiary/aromatic N) is 1. The molecule has 0 saturated carbocycles. The van der Waals surface area contributed by atoms with Gasteiger partial charge in [0.2, 0.25) is 5.91 Å². The van der Waals surface area contributed by atoms with E-state index in [9.17, 15) is 22.8 Å². The minimum atomic E-state index is -4.37. The normalized spacial score (nSPS) is 11.1. The number of amides is 2. The lowest BCUT2D eigenvalue weighted by molar-refractivity contribution is -0.137. The molecule has 1 aromatic heterocycles. The highest BCUT2D eigenvalue weighted by atomic mass is 32.1. The van der Waals surface area contributed by atoms with Gasteiger partial charge in [-0.1, -0.05) is 24.3 Å². The van der Waals surface area contributed by atoms with E-state index in [1.165, 1.54) is 30.6 Å². The van der Waals surface area contributed by atoms with E-state index in [4.69, 9.17) is 4.74 Å². The molecule has 10 heteroatoms. The van der Waals surface area contributed by atoms with E-state index in [0.717, 1.165) is 17.0 Å². The van der Waals surface area contributed by atoms with Crippen LogP contribution in [0.3, 0.4) is 0 Å². The quantitative estimate of drug-likeness (QED) is 0.569. The number of hydrogen-bond acceptors (Lipinski definition) is 5. The lowest BCUT2D eigenvalue weighted by Crippen LogP contribution is -2.33. The van der Waals surface area contributed by atoms with Gasteiger partial charge >= 0.3 is 6.18 Å². The Balaban J connectivity index is 1.52. The van der Waals surface area contributed by atoms with Crippen LogP contribution in [-0.4, -0.2) is 30.5 Å². The molecule has 0 aliphatic carbocycles. The first-order valence-electron chi connectivity index (χ1n) is 9.08. The Morgan fingerprint density at radius 3 is 2.48 bits per heavy atom. The number of ether oxygens (including phenoxy) is 1. The van der Waals surface area contributed by atoms with Crippen LogP contribution in [0.25, 0.3) is 0 Å². The minimum absolute atomic E-state index is 0.259. The number of methoxy groups -OCH3 is 1. The molecular formula is C21H18F3N3O3S. The van der Waals surface area contributed by atoms with E-state index in [2.05, 4.69) is 15.6 Å². The first kappa shape index (κ1) is 22.3. The van der Waals surface area contributed by atoms with E-state index in [1.807, 2.05) is 0 Å². The van der Waals surface area contributed by atoms with Crippen molar-refractivity contribution in [1.82, 2.24) is 10.3 Å². The van der Waals surface area contributed by atoms with Gasteiger partial charge in [0.05, 0.1) is 24.8 Å². The van der Waals surface area contributed by atoms with Gasteiger partial charge in [0.1, 0.15) is 5.75 Å².